The maximum Gasteiger partial charge on any atom is 0.237 e. The minimum Gasteiger partial charge on any atom is -0.351 e. The molecule has 1 unspecified atom stereocenters. The van der Waals surface area contributed by atoms with Crippen molar-refractivity contribution in [2.24, 2.45) is 0 Å². The lowest BCUT2D eigenvalue weighted by molar-refractivity contribution is -0.123. The maximum atomic E-state index is 14.3. The molecule has 122 valence electrons. The Morgan fingerprint density at radius 3 is 3.00 bits per heavy atom. The number of carbonyl (C=O) groups excluding carboxylic acids is 1. The van der Waals surface area contributed by atoms with Crippen molar-refractivity contribution in [3.63, 3.8) is 0 Å². The van der Waals surface area contributed by atoms with Gasteiger partial charge in [0, 0.05) is 18.9 Å². The van der Waals surface area contributed by atoms with Crippen molar-refractivity contribution in [3.8, 4) is 5.69 Å². The van der Waals surface area contributed by atoms with Crippen LogP contribution in [0.1, 0.15) is 30.7 Å². The quantitative estimate of drug-likeness (QED) is 0.908. The maximum absolute atomic E-state index is 14.3. The predicted molar refractivity (Wildman–Crippen MR) is 85.7 cm³/mol. The van der Waals surface area contributed by atoms with Crippen molar-refractivity contribution < 1.29 is 9.18 Å². The van der Waals surface area contributed by atoms with Crippen LogP contribution >= 0.6 is 0 Å². The highest BCUT2D eigenvalue weighted by Crippen LogP contribution is 2.17. The SMILES string of the molecule is Cc1nccn1-c1ccc(CNC(=O)C2CCCCN2)cc1F. The second-order valence-corrected chi connectivity index (χ2v) is 5.85. The summed E-state index contributed by atoms with van der Waals surface area (Å²) in [5, 5.41) is 6.08. The zero-order chi connectivity index (χ0) is 16.2. The summed E-state index contributed by atoms with van der Waals surface area (Å²) < 4.78 is 16.0. The summed E-state index contributed by atoms with van der Waals surface area (Å²) in [5.74, 6) is 0.390. The number of hydrogen-bond donors (Lipinski definition) is 2. The van der Waals surface area contributed by atoms with Crippen molar-refractivity contribution >= 4 is 5.91 Å². The highest BCUT2D eigenvalue weighted by Gasteiger charge is 2.20. The van der Waals surface area contributed by atoms with E-state index in [4.69, 9.17) is 0 Å². The van der Waals surface area contributed by atoms with Crippen LogP contribution in [0.4, 0.5) is 4.39 Å². The molecule has 0 radical (unpaired) electrons. The molecule has 1 aromatic heterocycles. The number of aryl methyl sites for hydroxylation is 1. The van der Waals surface area contributed by atoms with Gasteiger partial charge in [0.2, 0.25) is 5.91 Å². The van der Waals surface area contributed by atoms with Crippen LogP contribution in [0, 0.1) is 12.7 Å². The molecule has 0 bridgehead atoms. The summed E-state index contributed by atoms with van der Waals surface area (Å²) in [7, 11) is 0. The lowest BCUT2D eigenvalue weighted by Gasteiger charge is -2.22. The second kappa shape index (κ2) is 6.91. The molecule has 0 aliphatic carbocycles. The van der Waals surface area contributed by atoms with Crippen LogP contribution in [0.2, 0.25) is 0 Å². The highest BCUT2D eigenvalue weighted by atomic mass is 19.1. The van der Waals surface area contributed by atoms with E-state index in [1.807, 2.05) is 13.0 Å². The molecule has 2 heterocycles. The first kappa shape index (κ1) is 15.7. The summed E-state index contributed by atoms with van der Waals surface area (Å²) in [6.07, 6.45) is 6.41. The molecule has 1 fully saturated rings. The standard InChI is InChI=1S/C17H21FN4O/c1-12-19-8-9-22(12)16-6-5-13(10-14(16)18)11-21-17(23)15-4-2-3-7-20-15/h5-6,8-10,15,20H,2-4,7,11H2,1H3,(H,21,23). The molecule has 1 aromatic carbocycles. The molecule has 1 atom stereocenters. The molecule has 1 aliphatic rings. The van der Waals surface area contributed by atoms with Gasteiger partial charge >= 0.3 is 0 Å². The van der Waals surface area contributed by atoms with Gasteiger partial charge in [-0.2, -0.15) is 0 Å². The Hall–Kier alpha value is -2.21. The van der Waals surface area contributed by atoms with Crippen molar-refractivity contribution in [1.29, 1.82) is 0 Å². The Balaban J connectivity index is 1.64. The first-order valence-corrected chi connectivity index (χ1v) is 7.95. The van der Waals surface area contributed by atoms with Gasteiger partial charge in [0.05, 0.1) is 11.7 Å². The van der Waals surface area contributed by atoms with E-state index in [0.717, 1.165) is 37.2 Å². The summed E-state index contributed by atoms with van der Waals surface area (Å²) in [6.45, 7) is 3.04. The fourth-order valence-electron chi connectivity index (χ4n) is 2.88. The van der Waals surface area contributed by atoms with Gasteiger partial charge < -0.3 is 15.2 Å². The molecule has 1 amide bonds. The van der Waals surface area contributed by atoms with Gasteiger partial charge in [-0.3, -0.25) is 4.79 Å². The molecular weight excluding hydrogens is 295 g/mol. The molecule has 1 saturated heterocycles. The van der Waals surface area contributed by atoms with Gasteiger partial charge in [0.25, 0.3) is 0 Å². The van der Waals surface area contributed by atoms with E-state index in [1.165, 1.54) is 6.07 Å². The number of benzene rings is 1. The van der Waals surface area contributed by atoms with Gasteiger partial charge in [-0.1, -0.05) is 12.5 Å². The molecule has 3 rings (SSSR count). The summed E-state index contributed by atoms with van der Waals surface area (Å²) in [4.78, 5) is 16.2. The number of rotatable bonds is 4. The monoisotopic (exact) mass is 316 g/mol. The Labute approximate surface area is 134 Å². The molecule has 0 saturated carbocycles. The Bertz CT molecular complexity index is 692. The molecule has 2 aromatic rings. The fraction of sp³-hybridized carbons (Fsp3) is 0.412. The Kier molecular flexibility index (Phi) is 4.71. The number of carbonyl (C=O) groups is 1. The van der Waals surface area contributed by atoms with Crippen LogP contribution in [-0.2, 0) is 11.3 Å². The highest BCUT2D eigenvalue weighted by molar-refractivity contribution is 5.81. The zero-order valence-corrected chi connectivity index (χ0v) is 13.2. The van der Waals surface area contributed by atoms with E-state index in [1.54, 1.807) is 23.0 Å². The number of aromatic nitrogens is 2. The normalized spacial score (nSPS) is 17.9. The van der Waals surface area contributed by atoms with Crippen molar-refractivity contribution in [2.75, 3.05) is 6.54 Å². The van der Waals surface area contributed by atoms with Crippen LogP contribution in [0.15, 0.2) is 30.6 Å². The number of imidazole rings is 1. The molecule has 2 N–H and O–H groups in total. The third-order valence-electron chi connectivity index (χ3n) is 4.19. The first-order chi connectivity index (χ1) is 11.1. The average molecular weight is 316 g/mol. The van der Waals surface area contributed by atoms with E-state index < -0.39 is 0 Å². The van der Waals surface area contributed by atoms with Crippen LogP contribution in [0.3, 0.4) is 0 Å². The molecular formula is C17H21FN4O. The van der Waals surface area contributed by atoms with Crippen LogP contribution < -0.4 is 10.6 Å². The van der Waals surface area contributed by atoms with Gasteiger partial charge in [-0.05, 0) is 44.0 Å². The third-order valence-corrected chi connectivity index (χ3v) is 4.19. The zero-order valence-electron chi connectivity index (χ0n) is 13.2. The van der Waals surface area contributed by atoms with E-state index in [2.05, 4.69) is 15.6 Å². The minimum atomic E-state index is -0.325. The van der Waals surface area contributed by atoms with Gasteiger partial charge in [0.15, 0.2) is 0 Å². The second-order valence-electron chi connectivity index (χ2n) is 5.85. The number of halogens is 1. The smallest absolute Gasteiger partial charge is 0.237 e. The molecule has 5 nitrogen and oxygen atoms in total. The largest absolute Gasteiger partial charge is 0.351 e. The van der Waals surface area contributed by atoms with Crippen LogP contribution in [0.25, 0.3) is 5.69 Å². The molecule has 6 heteroatoms. The summed E-state index contributed by atoms with van der Waals surface area (Å²) in [5.41, 5.74) is 1.21. The number of hydrogen-bond acceptors (Lipinski definition) is 3. The predicted octanol–water partition coefficient (Wildman–Crippen LogP) is 2.08. The lowest BCUT2D eigenvalue weighted by atomic mass is 10.0. The van der Waals surface area contributed by atoms with Crippen molar-refractivity contribution in [2.45, 2.75) is 38.8 Å². The van der Waals surface area contributed by atoms with Crippen LogP contribution in [0.5, 0.6) is 0 Å². The molecule has 0 spiro atoms. The third kappa shape index (κ3) is 3.59. The number of nitrogens with one attached hydrogen (secondary N) is 2. The topological polar surface area (TPSA) is 59.0 Å². The molecule has 1 aliphatic heterocycles. The van der Waals surface area contributed by atoms with Gasteiger partial charge in [-0.15, -0.1) is 0 Å². The number of amides is 1. The van der Waals surface area contributed by atoms with E-state index in [9.17, 15) is 9.18 Å². The number of nitrogens with zero attached hydrogens (tertiary/aromatic N) is 2. The van der Waals surface area contributed by atoms with Crippen LogP contribution in [-0.4, -0.2) is 28.0 Å². The van der Waals surface area contributed by atoms with E-state index in [-0.39, 0.29) is 17.8 Å². The van der Waals surface area contributed by atoms with Gasteiger partial charge in [0.1, 0.15) is 11.6 Å². The fourth-order valence-corrected chi connectivity index (χ4v) is 2.88. The van der Waals surface area contributed by atoms with E-state index in [0.29, 0.717) is 12.2 Å². The van der Waals surface area contributed by atoms with E-state index >= 15 is 0 Å². The summed E-state index contributed by atoms with van der Waals surface area (Å²) >= 11 is 0. The van der Waals surface area contributed by atoms with Crippen molar-refractivity contribution in [3.05, 3.63) is 47.8 Å². The average Bonchev–Trinajstić information content (AvgIpc) is 2.99. The number of piperidine rings is 1. The minimum absolute atomic E-state index is 0.0142. The lowest BCUT2D eigenvalue weighted by Crippen LogP contribution is -2.46. The first-order valence-electron chi connectivity index (χ1n) is 7.95. The Morgan fingerprint density at radius 2 is 2.35 bits per heavy atom. The van der Waals surface area contributed by atoms with Crippen molar-refractivity contribution in [1.82, 2.24) is 20.2 Å². The van der Waals surface area contributed by atoms with Gasteiger partial charge in [-0.25, -0.2) is 9.37 Å². The Morgan fingerprint density at radius 1 is 1.48 bits per heavy atom. The summed E-state index contributed by atoms with van der Waals surface area (Å²) in [6, 6.07) is 4.88. The molecule has 23 heavy (non-hydrogen) atoms.